The Balaban J connectivity index is 3.53. The molecule has 15 heavy (non-hydrogen) atoms. The second kappa shape index (κ2) is 4.33. The van der Waals surface area contributed by atoms with Gasteiger partial charge in [-0.1, -0.05) is 0 Å². The van der Waals surface area contributed by atoms with Crippen LogP contribution >= 0.6 is 0 Å². The molecule has 0 aliphatic heterocycles. The molecule has 1 aromatic carbocycles. The molecule has 1 rings (SSSR count). The zero-order valence-electron chi connectivity index (χ0n) is 8.27. The summed E-state index contributed by atoms with van der Waals surface area (Å²) >= 11 is 0. The number of hydrogen-bond acceptors (Lipinski definition) is 4. The fourth-order valence-corrected chi connectivity index (χ4v) is 1.23. The van der Waals surface area contributed by atoms with Crippen molar-refractivity contribution in [2.75, 3.05) is 14.2 Å². The first kappa shape index (κ1) is 10.9. The van der Waals surface area contributed by atoms with Crippen molar-refractivity contribution >= 4 is 5.97 Å². The van der Waals surface area contributed by atoms with Crippen LogP contribution in [-0.4, -0.2) is 25.3 Å². The molecule has 0 bridgehead atoms. The van der Waals surface area contributed by atoms with Crippen molar-refractivity contribution in [3.05, 3.63) is 23.3 Å². The lowest BCUT2D eigenvalue weighted by atomic mass is 10.1. The summed E-state index contributed by atoms with van der Waals surface area (Å²) in [5, 5.41) is 17.7. The number of aromatic carboxylic acids is 1. The first-order valence-corrected chi connectivity index (χ1v) is 4.04. The summed E-state index contributed by atoms with van der Waals surface area (Å²) in [6.45, 7) is 0. The third-order valence-electron chi connectivity index (χ3n) is 1.88. The Hall–Kier alpha value is -2.22. The minimum atomic E-state index is -1.22. The van der Waals surface area contributed by atoms with Crippen molar-refractivity contribution in [2.45, 2.75) is 0 Å². The van der Waals surface area contributed by atoms with E-state index < -0.39 is 5.97 Å². The summed E-state index contributed by atoms with van der Waals surface area (Å²) in [7, 11) is 2.72. The molecule has 0 aliphatic rings. The Labute approximate surface area is 86.5 Å². The van der Waals surface area contributed by atoms with Crippen LogP contribution in [0.15, 0.2) is 12.1 Å². The Kier molecular flexibility index (Phi) is 3.13. The molecule has 0 fully saturated rings. The molecule has 0 saturated carbocycles. The van der Waals surface area contributed by atoms with Crippen LogP contribution in [0, 0.1) is 11.3 Å². The van der Waals surface area contributed by atoms with Crippen molar-refractivity contribution in [3.63, 3.8) is 0 Å². The molecule has 0 aliphatic carbocycles. The highest BCUT2D eigenvalue weighted by Gasteiger charge is 2.20. The van der Waals surface area contributed by atoms with Gasteiger partial charge in [-0.25, -0.2) is 4.79 Å². The predicted molar refractivity (Wildman–Crippen MR) is 51.2 cm³/mol. The average Bonchev–Trinajstić information content (AvgIpc) is 2.26. The van der Waals surface area contributed by atoms with Gasteiger partial charge in [-0.3, -0.25) is 0 Å². The van der Waals surface area contributed by atoms with Crippen molar-refractivity contribution in [1.29, 1.82) is 5.26 Å². The number of hydrogen-bond donors (Lipinski definition) is 1. The summed E-state index contributed by atoms with van der Waals surface area (Å²) < 4.78 is 9.84. The monoisotopic (exact) mass is 207 g/mol. The summed E-state index contributed by atoms with van der Waals surface area (Å²) in [5.74, 6) is -0.875. The Morgan fingerprint density at radius 2 is 2.07 bits per heavy atom. The molecule has 0 atom stereocenters. The van der Waals surface area contributed by atoms with Crippen LogP contribution in [0.3, 0.4) is 0 Å². The molecule has 5 heteroatoms. The lowest BCUT2D eigenvalue weighted by Crippen LogP contribution is -2.05. The third kappa shape index (κ3) is 1.83. The van der Waals surface area contributed by atoms with Gasteiger partial charge in [0.25, 0.3) is 0 Å². The van der Waals surface area contributed by atoms with Gasteiger partial charge >= 0.3 is 5.97 Å². The fraction of sp³-hybridized carbons (Fsp3) is 0.200. The highest BCUT2D eigenvalue weighted by atomic mass is 16.5. The van der Waals surface area contributed by atoms with Crippen LogP contribution in [0.25, 0.3) is 0 Å². The molecule has 0 heterocycles. The van der Waals surface area contributed by atoms with E-state index in [9.17, 15) is 4.79 Å². The van der Waals surface area contributed by atoms with Crippen LogP contribution in [0.4, 0.5) is 0 Å². The van der Waals surface area contributed by atoms with E-state index in [0.29, 0.717) is 0 Å². The van der Waals surface area contributed by atoms with Crippen molar-refractivity contribution in [3.8, 4) is 17.6 Å². The zero-order valence-corrected chi connectivity index (χ0v) is 8.27. The number of methoxy groups -OCH3 is 2. The highest BCUT2D eigenvalue weighted by Crippen LogP contribution is 2.33. The van der Waals surface area contributed by atoms with Crippen molar-refractivity contribution < 1.29 is 19.4 Å². The van der Waals surface area contributed by atoms with Gasteiger partial charge in [-0.15, -0.1) is 0 Å². The van der Waals surface area contributed by atoms with E-state index in [1.807, 2.05) is 0 Å². The smallest absolute Gasteiger partial charge is 0.341 e. The Morgan fingerprint density at radius 1 is 1.40 bits per heavy atom. The molecule has 1 aromatic rings. The van der Waals surface area contributed by atoms with Gasteiger partial charge in [0.05, 0.1) is 19.8 Å². The maximum atomic E-state index is 10.9. The van der Waals surface area contributed by atoms with Crippen LogP contribution < -0.4 is 9.47 Å². The Morgan fingerprint density at radius 3 is 2.47 bits per heavy atom. The van der Waals surface area contributed by atoms with E-state index >= 15 is 0 Å². The molecule has 0 radical (unpaired) electrons. The second-order valence-electron chi connectivity index (χ2n) is 2.64. The molecule has 0 unspecified atom stereocenters. The van der Waals surface area contributed by atoms with Gasteiger partial charge < -0.3 is 14.6 Å². The van der Waals surface area contributed by atoms with E-state index in [-0.39, 0.29) is 22.6 Å². The molecule has 0 amide bonds. The van der Waals surface area contributed by atoms with E-state index in [1.54, 1.807) is 6.07 Å². The number of carboxylic acids is 1. The maximum Gasteiger partial charge on any atom is 0.341 e. The fourth-order valence-electron chi connectivity index (χ4n) is 1.23. The van der Waals surface area contributed by atoms with Crippen LogP contribution in [0.1, 0.15) is 15.9 Å². The first-order chi connectivity index (χ1) is 7.15. The second-order valence-corrected chi connectivity index (χ2v) is 2.64. The maximum absolute atomic E-state index is 10.9. The van der Waals surface area contributed by atoms with E-state index in [4.69, 9.17) is 19.8 Å². The number of benzene rings is 1. The molecule has 0 spiro atoms. The largest absolute Gasteiger partial charge is 0.493 e. The quantitative estimate of drug-likeness (QED) is 0.807. The number of carboxylic acid groups (broad SMARTS) is 1. The summed E-state index contributed by atoms with van der Waals surface area (Å²) in [5.41, 5.74) is -0.139. The topological polar surface area (TPSA) is 79.5 Å². The standard InChI is InChI=1S/C10H9NO4/c1-14-7-4-3-6(5-11)8(10(12)13)9(7)15-2/h3-4H,1-2H3,(H,12,13). The van der Waals surface area contributed by atoms with Gasteiger partial charge in [0.2, 0.25) is 0 Å². The number of rotatable bonds is 3. The van der Waals surface area contributed by atoms with Crippen LogP contribution in [-0.2, 0) is 0 Å². The summed E-state index contributed by atoms with van der Waals surface area (Å²) in [6, 6.07) is 4.66. The molecular formula is C10H9NO4. The summed E-state index contributed by atoms with van der Waals surface area (Å²) in [4.78, 5) is 10.9. The average molecular weight is 207 g/mol. The zero-order chi connectivity index (χ0) is 11.4. The van der Waals surface area contributed by atoms with E-state index in [0.717, 1.165) is 0 Å². The SMILES string of the molecule is COc1ccc(C#N)c(C(=O)O)c1OC. The van der Waals surface area contributed by atoms with Crippen molar-refractivity contribution in [1.82, 2.24) is 0 Å². The molecular weight excluding hydrogens is 198 g/mol. The Bertz CT molecular complexity index is 434. The predicted octanol–water partition coefficient (Wildman–Crippen LogP) is 1.27. The molecule has 1 N–H and O–H groups in total. The lowest BCUT2D eigenvalue weighted by Gasteiger charge is -2.10. The minimum Gasteiger partial charge on any atom is -0.493 e. The van der Waals surface area contributed by atoms with E-state index in [2.05, 4.69) is 0 Å². The van der Waals surface area contributed by atoms with Crippen molar-refractivity contribution in [2.24, 2.45) is 0 Å². The lowest BCUT2D eigenvalue weighted by molar-refractivity contribution is 0.0692. The number of nitrogens with zero attached hydrogens (tertiary/aromatic N) is 1. The summed E-state index contributed by atoms with van der Waals surface area (Å²) in [6.07, 6.45) is 0. The molecule has 78 valence electrons. The van der Waals surface area contributed by atoms with Gasteiger partial charge in [0.15, 0.2) is 11.5 Å². The van der Waals surface area contributed by atoms with E-state index in [1.165, 1.54) is 26.4 Å². The van der Waals surface area contributed by atoms with Gasteiger partial charge in [-0.05, 0) is 12.1 Å². The highest BCUT2D eigenvalue weighted by molar-refractivity contribution is 5.95. The normalized spacial score (nSPS) is 9.13. The number of ether oxygens (including phenoxy) is 2. The van der Waals surface area contributed by atoms with Gasteiger partial charge in [-0.2, -0.15) is 5.26 Å². The first-order valence-electron chi connectivity index (χ1n) is 4.04. The number of carbonyl (C=O) groups is 1. The van der Waals surface area contributed by atoms with Crippen LogP contribution in [0.2, 0.25) is 0 Å². The molecule has 5 nitrogen and oxygen atoms in total. The minimum absolute atomic E-state index is 0.0418. The molecule has 0 saturated heterocycles. The number of nitriles is 1. The molecule has 0 aromatic heterocycles. The van der Waals surface area contributed by atoms with Gasteiger partial charge in [0, 0.05) is 0 Å². The van der Waals surface area contributed by atoms with Crippen LogP contribution in [0.5, 0.6) is 11.5 Å². The third-order valence-corrected chi connectivity index (χ3v) is 1.88. The van der Waals surface area contributed by atoms with Gasteiger partial charge in [0.1, 0.15) is 11.6 Å².